The van der Waals surface area contributed by atoms with Crippen LogP contribution in [0.25, 0.3) is 0 Å². The smallest absolute Gasteiger partial charge is 0.127 e. The van der Waals surface area contributed by atoms with Gasteiger partial charge in [-0.3, -0.25) is 0 Å². The molecule has 0 unspecified atom stereocenters. The molecule has 0 aliphatic carbocycles. The number of aryl methyl sites for hydroxylation is 1. The molecule has 0 spiro atoms. The van der Waals surface area contributed by atoms with E-state index in [1.54, 1.807) is 11.8 Å². The van der Waals surface area contributed by atoms with E-state index in [1.165, 1.54) is 0 Å². The maximum absolute atomic E-state index is 9.10. The monoisotopic (exact) mass is 275 g/mol. The van der Waals surface area contributed by atoms with Crippen molar-refractivity contribution in [1.29, 1.82) is 0 Å². The molecular weight excluding hydrogens is 254 g/mol. The largest absolute Gasteiger partial charge is 0.496 e. The highest BCUT2D eigenvalue weighted by atomic mass is 16.5. The lowest BCUT2D eigenvalue weighted by molar-refractivity contribution is 0.270. The Balaban J connectivity index is 2.18. The fraction of sp³-hybridized carbons (Fsp3) is 0.400. The van der Waals surface area contributed by atoms with Gasteiger partial charge >= 0.3 is 0 Å². The minimum absolute atomic E-state index is 0.0733. The van der Waals surface area contributed by atoms with Crippen LogP contribution in [-0.2, 0) is 13.1 Å². The number of ether oxygens (including phenoxy) is 1. The normalized spacial score (nSPS) is 10.6. The average Bonchev–Trinajstić information content (AvgIpc) is 2.72. The summed E-state index contributed by atoms with van der Waals surface area (Å²) in [6.45, 7) is 5.21. The van der Waals surface area contributed by atoms with Gasteiger partial charge in [-0.1, -0.05) is 18.2 Å². The van der Waals surface area contributed by atoms with Crippen molar-refractivity contribution in [3.8, 4) is 5.75 Å². The molecule has 108 valence electrons. The van der Waals surface area contributed by atoms with E-state index in [9.17, 15) is 0 Å². The van der Waals surface area contributed by atoms with Crippen molar-refractivity contribution in [1.82, 2.24) is 9.78 Å². The van der Waals surface area contributed by atoms with Gasteiger partial charge in [-0.05, 0) is 19.9 Å². The molecule has 5 nitrogen and oxygen atoms in total. The minimum atomic E-state index is 0.0733. The van der Waals surface area contributed by atoms with E-state index in [0.29, 0.717) is 13.1 Å². The van der Waals surface area contributed by atoms with Crippen molar-refractivity contribution in [3.05, 3.63) is 41.1 Å². The first kappa shape index (κ1) is 14.4. The van der Waals surface area contributed by atoms with Gasteiger partial charge in [0, 0.05) is 17.7 Å². The first-order valence-corrected chi connectivity index (χ1v) is 6.68. The zero-order valence-electron chi connectivity index (χ0n) is 12.2. The van der Waals surface area contributed by atoms with Crippen molar-refractivity contribution < 1.29 is 9.84 Å². The van der Waals surface area contributed by atoms with Crippen LogP contribution in [-0.4, -0.2) is 28.6 Å². The third-order valence-electron chi connectivity index (χ3n) is 3.38. The van der Waals surface area contributed by atoms with Crippen molar-refractivity contribution >= 4 is 5.82 Å². The Morgan fingerprint density at radius 1 is 1.30 bits per heavy atom. The highest BCUT2D eigenvalue weighted by Crippen LogP contribution is 2.22. The van der Waals surface area contributed by atoms with Gasteiger partial charge in [0.2, 0.25) is 0 Å². The maximum Gasteiger partial charge on any atom is 0.127 e. The third-order valence-corrected chi connectivity index (χ3v) is 3.38. The molecule has 1 aromatic carbocycles. The molecule has 0 aliphatic heterocycles. The van der Waals surface area contributed by atoms with E-state index >= 15 is 0 Å². The van der Waals surface area contributed by atoms with Gasteiger partial charge in [0.1, 0.15) is 11.6 Å². The predicted molar refractivity (Wildman–Crippen MR) is 79.1 cm³/mol. The van der Waals surface area contributed by atoms with Crippen molar-refractivity contribution in [2.75, 3.05) is 19.0 Å². The van der Waals surface area contributed by atoms with Crippen LogP contribution in [0.1, 0.15) is 16.8 Å². The molecule has 1 aromatic heterocycles. The number of aliphatic hydroxyl groups excluding tert-OH is 1. The molecule has 0 aliphatic rings. The summed E-state index contributed by atoms with van der Waals surface area (Å²) < 4.78 is 7.15. The lowest BCUT2D eigenvalue weighted by atomic mass is 10.2. The Morgan fingerprint density at radius 3 is 2.75 bits per heavy atom. The van der Waals surface area contributed by atoms with Gasteiger partial charge in [0.05, 0.1) is 26.0 Å². The number of anilines is 1. The Labute approximate surface area is 119 Å². The fourth-order valence-electron chi connectivity index (χ4n) is 2.18. The SMILES string of the molecule is COc1ccccc1CNc1c(C)c(C)nn1CCO. The van der Waals surface area contributed by atoms with Crippen molar-refractivity contribution in [3.63, 3.8) is 0 Å². The Morgan fingerprint density at radius 2 is 2.05 bits per heavy atom. The van der Waals surface area contributed by atoms with Crippen LogP contribution < -0.4 is 10.1 Å². The van der Waals surface area contributed by atoms with Gasteiger partial charge < -0.3 is 15.2 Å². The van der Waals surface area contributed by atoms with Crippen molar-refractivity contribution in [2.45, 2.75) is 26.9 Å². The lowest BCUT2D eigenvalue weighted by Gasteiger charge is -2.12. The molecule has 0 bridgehead atoms. The number of aromatic nitrogens is 2. The zero-order chi connectivity index (χ0) is 14.5. The van der Waals surface area contributed by atoms with Crippen LogP contribution in [0, 0.1) is 13.8 Å². The third kappa shape index (κ3) is 2.93. The zero-order valence-corrected chi connectivity index (χ0v) is 12.2. The van der Waals surface area contributed by atoms with Gasteiger partial charge in [-0.15, -0.1) is 0 Å². The van der Waals surface area contributed by atoms with Gasteiger partial charge in [0.15, 0.2) is 0 Å². The molecule has 0 radical (unpaired) electrons. The average molecular weight is 275 g/mol. The van der Waals surface area contributed by atoms with Crippen LogP contribution in [0.15, 0.2) is 24.3 Å². The second-order valence-corrected chi connectivity index (χ2v) is 4.67. The lowest BCUT2D eigenvalue weighted by Crippen LogP contribution is -2.11. The summed E-state index contributed by atoms with van der Waals surface area (Å²) in [5, 5.41) is 16.9. The Kier molecular flexibility index (Phi) is 4.63. The second-order valence-electron chi connectivity index (χ2n) is 4.67. The molecule has 0 saturated carbocycles. The molecule has 0 saturated heterocycles. The molecule has 2 N–H and O–H groups in total. The number of para-hydroxylation sites is 1. The maximum atomic E-state index is 9.10. The van der Waals surface area contributed by atoms with E-state index in [2.05, 4.69) is 10.4 Å². The minimum Gasteiger partial charge on any atom is -0.496 e. The van der Waals surface area contributed by atoms with Gasteiger partial charge in [-0.2, -0.15) is 5.10 Å². The number of benzene rings is 1. The number of hydrogen-bond donors (Lipinski definition) is 2. The molecule has 2 aromatic rings. The van der Waals surface area contributed by atoms with Crippen LogP contribution in [0.4, 0.5) is 5.82 Å². The van der Waals surface area contributed by atoms with Gasteiger partial charge in [-0.25, -0.2) is 4.68 Å². The number of nitrogens with one attached hydrogen (secondary N) is 1. The van der Waals surface area contributed by atoms with Gasteiger partial charge in [0.25, 0.3) is 0 Å². The Bertz CT molecular complexity index is 578. The fourth-order valence-corrected chi connectivity index (χ4v) is 2.18. The summed E-state index contributed by atoms with van der Waals surface area (Å²) >= 11 is 0. The van der Waals surface area contributed by atoms with E-state index in [1.807, 2.05) is 38.1 Å². The summed E-state index contributed by atoms with van der Waals surface area (Å²) in [5.74, 6) is 1.81. The molecule has 0 amide bonds. The van der Waals surface area contributed by atoms with Crippen molar-refractivity contribution in [2.24, 2.45) is 0 Å². The summed E-state index contributed by atoms with van der Waals surface area (Å²) in [4.78, 5) is 0. The highest BCUT2D eigenvalue weighted by molar-refractivity contribution is 5.48. The number of methoxy groups -OCH3 is 1. The number of nitrogens with zero attached hydrogens (tertiary/aromatic N) is 2. The number of rotatable bonds is 6. The molecule has 5 heteroatoms. The summed E-state index contributed by atoms with van der Waals surface area (Å²) in [7, 11) is 1.67. The molecule has 2 rings (SSSR count). The number of hydrogen-bond acceptors (Lipinski definition) is 4. The molecular formula is C15H21N3O2. The standard InChI is InChI=1S/C15H21N3O2/c1-11-12(2)17-18(8-9-19)15(11)16-10-13-6-4-5-7-14(13)20-3/h4-7,16,19H,8-10H2,1-3H3. The van der Waals surface area contributed by atoms with E-state index < -0.39 is 0 Å². The van der Waals surface area contributed by atoms with Crippen LogP contribution in [0.3, 0.4) is 0 Å². The predicted octanol–water partition coefficient (Wildman–Crippen LogP) is 2.11. The summed E-state index contributed by atoms with van der Waals surface area (Å²) in [6, 6.07) is 7.91. The van der Waals surface area contributed by atoms with Crippen LogP contribution >= 0.6 is 0 Å². The number of aliphatic hydroxyl groups is 1. The molecule has 0 fully saturated rings. The van der Waals surface area contributed by atoms with Crippen LogP contribution in [0.2, 0.25) is 0 Å². The highest BCUT2D eigenvalue weighted by Gasteiger charge is 2.11. The summed E-state index contributed by atoms with van der Waals surface area (Å²) in [6.07, 6.45) is 0. The summed E-state index contributed by atoms with van der Waals surface area (Å²) in [5.41, 5.74) is 3.16. The molecule has 0 atom stereocenters. The topological polar surface area (TPSA) is 59.3 Å². The van der Waals surface area contributed by atoms with E-state index in [4.69, 9.17) is 9.84 Å². The first-order chi connectivity index (χ1) is 9.67. The second kappa shape index (κ2) is 6.43. The quantitative estimate of drug-likeness (QED) is 0.847. The van der Waals surface area contributed by atoms with E-state index in [-0.39, 0.29) is 6.61 Å². The Hall–Kier alpha value is -2.01. The van der Waals surface area contributed by atoms with E-state index in [0.717, 1.165) is 28.4 Å². The first-order valence-electron chi connectivity index (χ1n) is 6.68. The van der Waals surface area contributed by atoms with Crippen LogP contribution in [0.5, 0.6) is 5.75 Å². The molecule has 1 heterocycles. The molecule has 20 heavy (non-hydrogen) atoms.